The third-order valence-electron chi connectivity index (χ3n) is 2.75. The van der Waals surface area contributed by atoms with E-state index in [-0.39, 0.29) is 22.0 Å². The molecule has 0 atom stereocenters. The number of rotatable bonds is 4. The zero-order chi connectivity index (χ0) is 15.5. The Hall–Kier alpha value is -2.54. The van der Waals surface area contributed by atoms with Crippen LogP contribution in [0.3, 0.4) is 0 Å². The van der Waals surface area contributed by atoms with Crippen LogP contribution >= 0.6 is 0 Å². The van der Waals surface area contributed by atoms with Crippen LogP contribution in [0.4, 0.5) is 0 Å². The summed E-state index contributed by atoms with van der Waals surface area (Å²) in [6.07, 6.45) is 1.11. The summed E-state index contributed by atoms with van der Waals surface area (Å²) in [5.41, 5.74) is 1.14. The normalized spacial score (nSPS) is 11.7. The molecule has 2 aromatic carbocycles. The highest BCUT2D eigenvalue weighted by Crippen LogP contribution is 2.26. The Morgan fingerprint density at radius 2 is 1.76 bits per heavy atom. The van der Waals surface area contributed by atoms with Gasteiger partial charge in [0.2, 0.25) is 0 Å². The van der Waals surface area contributed by atoms with Crippen LogP contribution < -0.4 is 4.83 Å². The number of benzene rings is 2. The van der Waals surface area contributed by atoms with E-state index in [1.54, 1.807) is 12.1 Å². The molecular formula is C14H14N2O4S. The lowest BCUT2D eigenvalue weighted by atomic mass is 10.2. The standard InChI is InChI=1S/C14H14N2O4S/c1-10-5-7-12(8-6-10)21(19,20)16-15-9-11-3-2-4-13(17)14(11)18/h2-9,16-18H,1H3/b15-9-. The smallest absolute Gasteiger partial charge is 0.276 e. The van der Waals surface area contributed by atoms with Gasteiger partial charge in [0.25, 0.3) is 10.0 Å². The molecule has 0 saturated carbocycles. The number of nitrogens with zero attached hydrogens (tertiary/aromatic N) is 1. The number of aromatic hydroxyl groups is 2. The van der Waals surface area contributed by atoms with E-state index < -0.39 is 10.0 Å². The fourth-order valence-electron chi connectivity index (χ4n) is 1.59. The van der Waals surface area contributed by atoms with Crippen molar-refractivity contribution in [2.45, 2.75) is 11.8 Å². The third kappa shape index (κ3) is 3.51. The van der Waals surface area contributed by atoms with Gasteiger partial charge >= 0.3 is 0 Å². The van der Waals surface area contributed by atoms with E-state index >= 15 is 0 Å². The molecule has 0 radical (unpaired) electrons. The maximum absolute atomic E-state index is 11.9. The van der Waals surface area contributed by atoms with Gasteiger partial charge in [-0.1, -0.05) is 23.8 Å². The van der Waals surface area contributed by atoms with Crippen molar-refractivity contribution in [3.05, 3.63) is 53.6 Å². The monoisotopic (exact) mass is 306 g/mol. The fraction of sp³-hybridized carbons (Fsp3) is 0.0714. The maximum atomic E-state index is 11.9. The van der Waals surface area contributed by atoms with Crippen LogP contribution in [0.15, 0.2) is 52.5 Å². The lowest BCUT2D eigenvalue weighted by Crippen LogP contribution is -2.18. The number of nitrogens with one attached hydrogen (secondary N) is 1. The largest absolute Gasteiger partial charge is 0.504 e. The lowest BCUT2D eigenvalue weighted by Gasteiger charge is -2.04. The molecule has 0 saturated heterocycles. The second kappa shape index (κ2) is 5.84. The Bertz CT molecular complexity index is 768. The summed E-state index contributed by atoms with van der Waals surface area (Å²) in [5.74, 6) is -0.670. The average Bonchev–Trinajstić information content (AvgIpc) is 2.44. The molecular weight excluding hydrogens is 292 g/mol. The van der Waals surface area contributed by atoms with E-state index in [1.807, 2.05) is 11.8 Å². The van der Waals surface area contributed by atoms with E-state index in [0.29, 0.717) is 0 Å². The average molecular weight is 306 g/mol. The Morgan fingerprint density at radius 3 is 2.43 bits per heavy atom. The Balaban J connectivity index is 2.16. The number of hydrogen-bond donors (Lipinski definition) is 3. The minimum absolute atomic E-state index is 0.0883. The van der Waals surface area contributed by atoms with Crippen LogP contribution in [0.25, 0.3) is 0 Å². The van der Waals surface area contributed by atoms with Crippen molar-refractivity contribution in [2.24, 2.45) is 5.10 Å². The van der Waals surface area contributed by atoms with Crippen LogP contribution in [0.1, 0.15) is 11.1 Å². The quantitative estimate of drug-likeness (QED) is 0.455. The first kappa shape index (κ1) is 14.9. The topological polar surface area (TPSA) is 99.0 Å². The van der Waals surface area contributed by atoms with E-state index in [9.17, 15) is 18.6 Å². The highest BCUT2D eigenvalue weighted by Gasteiger charge is 2.12. The summed E-state index contributed by atoms with van der Waals surface area (Å²) >= 11 is 0. The van der Waals surface area contributed by atoms with Crippen molar-refractivity contribution in [1.29, 1.82) is 0 Å². The van der Waals surface area contributed by atoms with Gasteiger partial charge in [-0.15, -0.1) is 0 Å². The predicted molar refractivity (Wildman–Crippen MR) is 78.9 cm³/mol. The molecule has 21 heavy (non-hydrogen) atoms. The van der Waals surface area contributed by atoms with Crippen molar-refractivity contribution in [3.8, 4) is 11.5 Å². The van der Waals surface area contributed by atoms with Gasteiger partial charge in [0.1, 0.15) is 0 Å². The lowest BCUT2D eigenvalue weighted by molar-refractivity contribution is 0.403. The summed E-state index contributed by atoms with van der Waals surface area (Å²) < 4.78 is 23.9. The third-order valence-corrected chi connectivity index (χ3v) is 3.99. The first-order chi connectivity index (χ1) is 9.90. The van der Waals surface area contributed by atoms with Gasteiger partial charge in [-0.2, -0.15) is 13.5 Å². The zero-order valence-corrected chi connectivity index (χ0v) is 12.0. The molecule has 6 nitrogen and oxygen atoms in total. The number of aryl methyl sites for hydroxylation is 1. The highest BCUT2D eigenvalue weighted by molar-refractivity contribution is 7.89. The van der Waals surface area contributed by atoms with E-state index in [1.165, 1.54) is 30.3 Å². The molecule has 0 aliphatic heterocycles. The number of hydrogen-bond acceptors (Lipinski definition) is 5. The molecule has 7 heteroatoms. The minimum atomic E-state index is -3.76. The van der Waals surface area contributed by atoms with Crippen LogP contribution in [-0.2, 0) is 10.0 Å². The van der Waals surface area contributed by atoms with Gasteiger partial charge in [0.15, 0.2) is 11.5 Å². The molecule has 110 valence electrons. The molecule has 0 spiro atoms. The SMILES string of the molecule is Cc1ccc(S(=O)(=O)N/N=C\c2cccc(O)c2O)cc1. The van der Waals surface area contributed by atoms with Crippen molar-refractivity contribution >= 4 is 16.2 Å². The van der Waals surface area contributed by atoms with Gasteiger partial charge in [0.05, 0.1) is 11.1 Å². The van der Waals surface area contributed by atoms with Gasteiger partial charge < -0.3 is 10.2 Å². The van der Waals surface area contributed by atoms with Crippen molar-refractivity contribution in [2.75, 3.05) is 0 Å². The first-order valence-corrected chi connectivity index (χ1v) is 7.51. The molecule has 0 bridgehead atoms. The molecule has 0 aromatic heterocycles. The predicted octanol–water partition coefficient (Wildman–Crippen LogP) is 1.72. The van der Waals surface area contributed by atoms with E-state index in [4.69, 9.17) is 0 Å². The summed E-state index contributed by atoms with van der Waals surface area (Å²) in [5, 5.41) is 22.4. The molecule has 2 rings (SSSR count). The van der Waals surface area contributed by atoms with Crippen LogP contribution in [0.2, 0.25) is 0 Å². The van der Waals surface area contributed by atoms with Crippen LogP contribution in [-0.4, -0.2) is 24.8 Å². The molecule has 0 unspecified atom stereocenters. The number of phenolic OH excluding ortho intramolecular Hbond substituents is 2. The Kier molecular flexibility index (Phi) is 4.13. The number of phenols is 2. The van der Waals surface area contributed by atoms with Crippen LogP contribution in [0.5, 0.6) is 11.5 Å². The summed E-state index contributed by atoms with van der Waals surface area (Å²) in [6, 6.07) is 10.6. The zero-order valence-electron chi connectivity index (χ0n) is 11.2. The first-order valence-electron chi connectivity index (χ1n) is 6.02. The molecule has 2 aromatic rings. The molecule has 3 N–H and O–H groups in total. The second-order valence-corrected chi connectivity index (χ2v) is 6.04. The van der Waals surface area contributed by atoms with E-state index in [2.05, 4.69) is 5.10 Å². The van der Waals surface area contributed by atoms with Crippen molar-refractivity contribution in [3.63, 3.8) is 0 Å². The molecule has 0 amide bonds. The Morgan fingerprint density at radius 1 is 1.10 bits per heavy atom. The fourth-order valence-corrected chi connectivity index (χ4v) is 2.38. The summed E-state index contributed by atoms with van der Waals surface area (Å²) in [7, 11) is -3.76. The number of para-hydroxylation sites is 1. The highest BCUT2D eigenvalue weighted by atomic mass is 32.2. The molecule has 0 aliphatic carbocycles. The van der Waals surface area contributed by atoms with Gasteiger partial charge in [-0.25, -0.2) is 4.83 Å². The second-order valence-electron chi connectivity index (χ2n) is 4.38. The van der Waals surface area contributed by atoms with Crippen molar-refractivity contribution in [1.82, 2.24) is 4.83 Å². The minimum Gasteiger partial charge on any atom is -0.504 e. The summed E-state index contributed by atoms with van der Waals surface area (Å²) in [6.45, 7) is 1.85. The summed E-state index contributed by atoms with van der Waals surface area (Å²) in [4.78, 5) is 2.13. The maximum Gasteiger partial charge on any atom is 0.276 e. The number of sulfonamides is 1. The van der Waals surface area contributed by atoms with Gasteiger partial charge in [-0.05, 0) is 31.2 Å². The molecule has 0 fully saturated rings. The van der Waals surface area contributed by atoms with Crippen molar-refractivity contribution < 1.29 is 18.6 Å². The Labute approximate surface area is 122 Å². The molecule has 0 aliphatic rings. The van der Waals surface area contributed by atoms with Gasteiger partial charge in [-0.3, -0.25) is 0 Å². The molecule has 0 heterocycles. The van der Waals surface area contributed by atoms with Gasteiger partial charge in [0, 0.05) is 5.56 Å². The number of hydrazone groups is 1. The van der Waals surface area contributed by atoms with Crippen LogP contribution in [0, 0.1) is 6.92 Å². The van der Waals surface area contributed by atoms with E-state index in [0.717, 1.165) is 11.8 Å².